The van der Waals surface area contributed by atoms with E-state index in [9.17, 15) is 19.5 Å². The molecule has 6 nitrogen and oxygen atoms in total. The quantitative estimate of drug-likeness (QED) is 0.809. The minimum absolute atomic E-state index is 0.0915. The zero-order valence-electron chi connectivity index (χ0n) is 11.0. The molecule has 1 aromatic heterocycles. The second-order valence-electron chi connectivity index (χ2n) is 4.18. The summed E-state index contributed by atoms with van der Waals surface area (Å²) in [7, 11) is 0. The summed E-state index contributed by atoms with van der Waals surface area (Å²) in [5, 5.41) is 16.0. The number of carboxylic acids is 1. The monoisotopic (exact) mass is 304 g/mol. The van der Waals surface area contributed by atoms with Crippen LogP contribution in [0.1, 0.15) is 27.0 Å². The van der Waals surface area contributed by atoms with Crippen molar-refractivity contribution in [3.8, 4) is 0 Å². The molecule has 0 saturated carbocycles. The molecule has 0 atom stereocenters. The van der Waals surface area contributed by atoms with Crippen molar-refractivity contribution >= 4 is 40.5 Å². The molecule has 0 radical (unpaired) electrons. The van der Waals surface area contributed by atoms with Crippen LogP contribution in [0.15, 0.2) is 35.7 Å². The summed E-state index contributed by atoms with van der Waals surface area (Å²) in [5.41, 5.74) is 0.440. The molecule has 0 saturated heterocycles. The van der Waals surface area contributed by atoms with Crippen molar-refractivity contribution in [1.29, 1.82) is 0 Å². The molecular formula is C14H12N2O4S. The molecule has 2 amide bonds. The van der Waals surface area contributed by atoms with Gasteiger partial charge in [0.15, 0.2) is 0 Å². The first-order chi connectivity index (χ1) is 9.97. The van der Waals surface area contributed by atoms with Crippen molar-refractivity contribution in [2.45, 2.75) is 6.92 Å². The molecule has 0 bridgehead atoms. The van der Waals surface area contributed by atoms with Crippen LogP contribution in [-0.2, 0) is 4.79 Å². The smallest absolute Gasteiger partial charge is 0.337 e. The van der Waals surface area contributed by atoms with Gasteiger partial charge >= 0.3 is 5.97 Å². The van der Waals surface area contributed by atoms with Gasteiger partial charge in [0.1, 0.15) is 0 Å². The van der Waals surface area contributed by atoms with Gasteiger partial charge in [0.05, 0.1) is 16.1 Å². The number of carboxylic acid groups (broad SMARTS) is 1. The highest BCUT2D eigenvalue weighted by molar-refractivity contribution is 7.12. The first-order valence-electron chi connectivity index (χ1n) is 5.97. The van der Waals surface area contributed by atoms with Crippen LogP contribution in [-0.4, -0.2) is 22.9 Å². The molecule has 2 rings (SSSR count). The minimum Gasteiger partial charge on any atom is -0.478 e. The lowest BCUT2D eigenvalue weighted by Gasteiger charge is -2.10. The first-order valence-corrected chi connectivity index (χ1v) is 6.85. The maximum atomic E-state index is 11.9. The highest BCUT2D eigenvalue weighted by Gasteiger charge is 2.15. The average molecular weight is 304 g/mol. The summed E-state index contributed by atoms with van der Waals surface area (Å²) >= 11 is 1.26. The van der Waals surface area contributed by atoms with Gasteiger partial charge in [-0.3, -0.25) is 9.59 Å². The Morgan fingerprint density at radius 3 is 2.48 bits per heavy atom. The number of benzene rings is 1. The molecule has 0 aliphatic heterocycles. The van der Waals surface area contributed by atoms with E-state index in [4.69, 9.17) is 0 Å². The topological polar surface area (TPSA) is 95.5 Å². The van der Waals surface area contributed by atoms with E-state index in [-0.39, 0.29) is 23.1 Å². The van der Waals surface area contributed by atoms with Crippen LogP contribution in [0, 0.1) is 0 Å². The summed E-state index contributed by atoms with van der Waals surface area (Å²) in [6.07, 6.45) is 0. The number of carbonyl (C=O) groups excluding carboxylic acids is 2. The SMILES string of the molecule is CC(=O)Nc1ccc(NC(=O)c2cccs2)c(C(=O)O)c1. The van der Waals surface area contributed by atoms with Gasteiger partial charge in [-0.05, 0) is 29.6 Å². The van der Waals surface area contributed by atoms with Gasteiger partial charge in [-0.15, -0.1) is 11.3 Å². The van der Waals surface area contributed by atoms with Crippen molar-refractivity contribution in [2.75, 3.05) is 10.6 Å². The van der Waals surface area contributed by atoms with Crippen molar-refractivity contribution in [3.63, 3.8) is 0 Å². The number of amides is 2. The molecule has 7 heteroatoms. The third kappa shape index (κ3) is 3.67. The number of thiophene rings is 1. The Hall–Kier alpha value is -2.67. The van der Waals surface area contributed by atoms with E-state index < -0.39 is 5.97 Å². The van der Waals surface area contributed by atoms with Gasteiger partial charge in [0.25, 0.3) is 5.91 Å². The Balaban J connectivity index is 2.28. The minimum atomic E-state index is -1.19. The maximum absolute atomic E-state index is 11.9. The zero-order valence-corrected chi connectivity index (χ0v) is 11.9. The van der Waals surface area contributed by atoms with Gasteiger partial charge < -0.3 is 15.7 Å². The van der Waals surface area contributed by atoms with Gasteiger partial charge in [-0.1, -0.05) is 6.07 Å². The Morgan fingerprint density at radius 1 is 1.14 bits per heavy atom. The fourth-order valence-electron chi connectivity index (χ4n) is 1.70. The van der Waals surface area contributed by atoms with Gasteiger partial charge in [-0.25, -0.2) is 4.79 Å². The van der Waals surface area contributed by atoms with Crippen LogP contribution in [0.4, 0.5) is 11.4 Å². The summed E-state index contributed by atoms with van der Waals surface area (Å²) in [4.78, 5) is 34.7. The van der Waals surface area contributed by atoms with E-state index in [1.807, 2.05) is 0 Å². The van der Waals surface area contributed by atoms with Crippen molar-refractivity contribution in [3.05, 3.63) is 46.2 Å². The van der Waals surface area contributed by atoms with E-state index in [1.165, 1.54) is 36.5 Å². The summed E-state index contributed by atoms with van der Waals surface area (Å²) in [5.74, 6) is -1.87. The van der Waals surface area contributed by atoms with E-state index in [0.717, 1.165) is 0 Å². The number of anilines is 2. The number of hydrogen-bond donors (Lipinski definition) is 3. The predicted octanol–water partition coefficient (Wildman–Crippen LogP) is 2.66. The molecule has 1 aromatic carbocycles. The summed E-state index contributed by atoms with van der Waals surface area (Å²) in [6.45, 7) is 1.33. The third-order valence-corrected chi connectivity index (χ3v) is 3.43. The standard InChI is InChI=1S/C14H12N2O4S/c1-8(17)15-9-4-5-11(10(7-9)14(19)20)16-13(18)12-3-2-6-21-12/h2-7H,1H3,(H,15,17)(H,16,18)(H,19,20). The Bertz CT molecular complexity index is 695. The molecule has 2 aromatic rings. The Kier molecular flexibility index (Phi) is 4.34. The predicted molar refractivity (Wildman–Crippen MR) is 80.0 cm³/mol. The molecule has 0 aliphatic carbocycles. The van der Waals surface area contributed by atoms with Crippen molar-refractivity contribution < 1.29 is 19.5 Å². The van der Waals surface area contributed by atoms with E-state index >= 15 is 0 Å². The van der Waals surface area contributed by atoms with E-state index in [1.54, 1.807) is 17.5 Å². The van der Waals surface area contributed by atoms with Crippen LogP contribution < -0.4 is 10.6 Å². The van der Waals surface area contributed by atoms with E-state index in [0.29, 0.717) is 10.6 Å². The average Bonchev–Trinajstić information content (AvgIpc) is 2.93. The highest BCUT2D eigenvalue weighted by atomic mass is 32.1. The van der Waals surface area contributed by atoms with E-state index in [2.05, 4.69) is 10.6 Å². The first kappa shape index (κ1) is 14.7. The highest BCUT2D eigenvalue weighted by Crippen LogP contribution is 2.22. The number of hydrogen-bond acceptors (Lipinski definition) is 4. The van der Waals surface area contributed by atoms with Crippen LogP contribution >= 0.6 is 11.3 Å². The summed E-state index contributed by atoms with van der Waals surface area (Å²) in [6, 6.07) is 7.65. The van der Waals surface area contributed by atoms with Gasteiger partial charge in [0, 0.05) is 12.6 Å². The molecule has 21 heavy (non-hydrogen) atoms. The molecular weight excluding hydrogens is 292 g/mol. The van der Waals surface area contributed by atoms with Gasteiger partial charge in [0.2, 0.25) is 5.91 Å². The number of carbonyl (C=O) groups is 3. The van der Waals surface area contributed by atoms with Crippen LogP contribution in [0.25, 0.3) is 0 Å². The lowest BCUT2D eigenvalue weighted by molar-refractivity contribution is -0.114. The molecule has 0 fully saturated rings. The van der Waals surface area contributed by atoms with Crippen molar-refractivity contribution in [2.24, 2.45) is 0 Å². The molecule has 0 spiro atoms. The molecule has 108 valence electrons. The van der Waals surface area contributed by atoms with Crippen molar-refractivity contribution in [1.82, 2.24) is 0 Å². The number of rotatable bonds is 4. The second-order valence-corrected chi connectivity index (χ2v) is 5.13. The number of aromatic carboxylic acids is 1. The maximum Gasteiger partial charge on any atom is 0.337 e. The molecule has 0 unspecified atom stereocenters. The fourth-order valence-corrected chi connectivity index (χ4v) is 2.32. The molecule has 0 aliphatic rings. The van der Waals surface area contributed by atoms with Crippen LogP contribution in [0.3, 0.4) is 0 Å². The zero-order chi connectivity index (χ0) is 15.4. The summed E-state index contributed by atoms with van der Waals surface area (Å²) < 4.78 is 0. The lowest BCUT2D eigenvalue weighted by atomic mass is 10.1. The second kappa shape index (κ2) is 6.19. The third-order valence-electron chi connectivity index (χ3n) is 2.56. The fraction of sp³-hybridized carbons (Fsp3) is 0.0714. The van der Waals surface area contributed by atoms with Crippen LogP contribution in [0.5, 0.6) is 0 Å². The Morgan fingerprint density at radius 2 is 1.90 bits per heavy atom. The largest absolute Gasteiger partial charge is 0.478 e. The van der Waals surface area contributed by atoms with Gasteiger partial charge in [-0.2, -0.15) is 0 Å². The number of nitrogens with one attached hydrogen (secondary N) is 2. The van der Waals surface area contributed by atoms with Crippen LogP contribution in [0.2, 0.25) is 0 Å². The normalized spacial score (nSPS) is 9.95. The molecule has 1 heterocycles. The Labute approximate surface area is 124 Å². The molecule has 3 N–H and O–H groups in total. The lowest BCUT2D eigenvalue weighted by Crippen LogP contribution is -2.14.